The first-order valence-corrected chi connectivity index (χ1v) is 12.2. The first kappa shape index (κ1) is 23.9. The zero-order valence-electron chi connectivity index (χ0n) is 18.5. The second-order valence-corrected chi connectivity index (χ2v) is 9.55. The number of carbonyl (C=O) groups is 1. The van der Waals surface area contributed by atoms with Crippen LogP contribution in [0.15, 0.2) is 29.4 Å². The zero-order chi connectivity index (χ0) is 23.4. The molecule has 1 amide bonds. The fourth-order valence-corrected chi connectivity index (χ4v) is 4.79. The van der Waals surface area contributed by atoms with Crippen molar-refractivity contribution in [2.45, 2.75) is 56.6 Å². The molecule has 2 aromatic rings. The molecule has 1 unspecified atom stereocenters. The van der Waals surface area contributed by atoms with Crippen LogP contribution in [0.25, 0.3) is 0 Å². The fraction of sp³-hybridized carbons (Fsp3) is 0.591. The molecule has 4 rings (SSSR count). The minimum atomic E-state index is -4.41. The number of aromatic nitrogens is 3. The van der Waals surface area contributed by atoms with Gasteiger partial charge in [0.2, 0.25) is 11.9 Å². The molecule has 2 aliphatic heterocycles. The van der Waals surface area contributed by atoms with Crippen molar-refractivity contribution in [1.29, 1.82) is 0 Å². The summed E-state index contributed by atoms with van der Waals surface area (Å²) < 4.78 is 46.0. The smallest absolute Gasteiger partial charge is 0.376 e. The number of nitrogens with zero attached hydrogens (tertiary/aromatic N) is 4. The average molecular weight is 484 g/mol. The lowest BCUT2D eigenvalue weighted by Gasteiger charge is -2.31. The average Bonchev–Trinajstić information content (AvgIpc) is 3.43. The summed E-state index contributed by atoms with van der Waals surface area (Å²) in [6, 6.07) is 4.40. The Morgan fingerprint density at radius 3 is 2.55 bits per heavy atom. The van der Waals surface area contributed by atoms with Gasteiger partial charge in [0.05, 0.1) is 24.0 Å². The minimum Gasteiger partial charge on any atom is -0.376 e. The molecule has 0 saturated carbocycles. The Hall–Kier alpha value is -2.27. The Morgan fingerprint density at radius 2 is 1.91 bits per heavy atom. The first-order valence-electron chi connectivity index (χ1n) is 11.2. The predicted molar refractivity (Wildman–Crippen MR) is 120 cm³/mol. The zero-order valence-corrected chi connectivity index (χ0v) is 19.3. The molecule has 1 aromatic carbocycles. The molecule has 0 aliphatic carbocycles. The van der Waals surface area contributed by atoms with Crippen LogP contribution in [-0.2, 0) is 22.3 Å². The van der Waals surface area contributed by atoms with Gasteiger partial charge in [-0.25, -0.2) is 0 Å². The number of ether oxygens (including phenoxy) is 1. The van der Waals surface area contributed by atoms with Gasteiger partial charge in [0, 0.05) is 25.4 Å². The number of hydrogen-bond acceptors (Lipinski definition) is 6. The summed E-state index contributed by atoms with van der Waals surface area (Å²) in [5.74, 6) is 1.25. The Bertz CT molecular complexity index is 936. The quantitative estimate of drug-likeness (QED) is 0.587. The summed E-state index contributed by atoms with van der Waals surface area (Å²) >= 11 is 1.27. The third-order valence-corrected chi connectivity index (χ3v) is 6.97. The van der Waals surface area contributed by atoms with E-state index >= 15 is 0 Å². The maximum absolute atomic E-state index is 12.7. The van der Waals surface area contributed by atoms with E-state index in [1.807, 2.05) is 4.57 Å². The summed E-state index contributed by atoms with van der Waals surface area (Å²) in [5, 5.41) is 12.0. The third kappa shape index (κ3) is 6.20. The van der Waals surface area contributed by atoms with Crippen molar-refractivity contribution in [3.8, 4) is 0 Å². The molecule has 7 nitrogen and oxygen atoms in total. The van der Waals surface area contributed by atoms with Crippen LogP contribution < -0.4 is 10.2 Å². The molecule has 1 N–H and O–H groups in total. The summed E-state index contributed by atoms with van der Waals surface area (Å²) in [7, 11) is 0. The van der Waals surface area contributed by atoms with Gasteiger partial charge in [-0.1, -0.05) is 18.7 Å². The number of halogens is 3. The van der Waals surface area contributed by atoms with E-state index in [4.69, 9.17) is 4.74 Å². The van der Waals surface area contributed by atoms with Crippen LogP contribution in [0.5, 0.6) is 0 Å². The molecule has 180 valence electrons. The number of carbonyl (C=O) groups excluding carboxylic acids is 1. The molecule has 1 aromatic heterocycles. The van der Waals surface area contributed by atoms with Gasteiger partial charge in [-0.2, -0.15) is 13.2 Å². The molecule has 0 spiro atoms. The standard InChI is InChI=1S/C22H28F3N5O2S/c1-15-8-10-29(11-9-15)20-27-28-21(30(20)13-18-3-2-12-32-18)33-14-19(31)26-17-6-4-16(5-7-17)22(23,24)25/h4-7,15,18H,2-3,8-14H2,1H3,(H,26,31). The van der Waals surface area contributed by atoms with Crippen LogP contribution in [0.2, 0.25) is 0 Å². The van der Waals surface area contributed by atoms with Crippen molar-refractivity contribution in [3.05, 3.63) is 29.8 Å². The van der Waals surface area contributed by atoms with Crippen molar-refractivity contribution >= 4 is 29.3 Å². The molecule has 11 heteroatoms. The maximum Gasteiger partial charge on any atom is 0.416 e. The number of alkyl halides is 3. The van der Waals surface area contributed by atoms with Crippen LogP contribution >= 0.6 is 11.8 Å². The molecule has 1 atom stereocenters. The molecule has 2 saturated heterocycles. The molecule has 33 heavy (non-hydrogen) atoms. The van der Waals surface area contributed by atoms with E-state index in [0.717, 1.165) is 63.5 Å². The Morgan fingerprint density at radius 1 is 1.18 bits per heavy atom. The number of hydrogen-bond donors (Lipinski definition) is 1. The highest BCUT2D eigenvalue weighted by Crippen LogP contribution is 2.30. The SMILES string of the molecule is CC1CCN(c2nnc(SCC(=O)Nc3ccc(C(F)(F)F)cc3)n2CC2CCCO2)CC1. The molecular formula is C22H28F3N5O2S. The summed E-state index contributed by atoms with van der Waals surface area (Å²) in [6.45, 7) is 5.48. The Kier molecular flexibility index (Phi) is 7.48. The van der Waals surface area contributed by atoms with E-state index in [2.05, 4.69) is 27.3 Å². The number of anilines is 2. The molecule has 0 radical (unpaired) electrons. The van der Waals surface area contributed by atoms with Crippen molar-refractivity contribution in [1.82, 2.24) is 14.8 Å². The van der Waals surface area contributed by atoms with E-state index in [9.17, 15) is 18.0 Å². The number of benzene rings is 1. The van der Waals surface area contributed by atoms with Gasteiger partial charge >= 0.3 is 6.18 Å². The third-order valence-electron chi connectivity index (χ3n) is 6.00. The number of nitrogens with one attached hydrogen (secondary N) is 1. The normalized spacial score (nSPS) is 19.8. The number of rotatable bonds is 7. The second-order valence-electron chi connectivity index (χ2n) is 8.61. The molecule has 2 aliphatic rings. The van der Waals surface area contributed by atoms with E-state index < -0.39 is 11.7 Å². The van der Waals surface area contributed by atoms with Crippen LogP contribution in [0.1, 0.15) is 38.2 Å². The van der Waals surface area contributed by atoms with Crippen LogP contribution in [0, 0.1) is 5.92 Å². The van der Waals surface area contributed by atoms with E-state index in [-0.39, 0.29) is 17.8 Å². The monoisotopic (exact) mass is 483 g/mol. The van der Waals surface area contributed by atoms with Crippen molar-refractivity contribution < 1.29 is 22.7 Å². The lowest BCUT2D eigenvalue weighted by Crippen LogP contribution is -2.35. The van der Waals surface area contributed by atoms with Crippen molar-refractivity contribution in [2.24, 2.45) is 5.92 Å². The van der Waals surface area contributed by atoms with Gasteiger partial charge in [-0.3, -0.25) is 9.36 Å². The summed E-state index contributed by atoms with van der Waals surface area (Å²) in [4.78, 5) is 14.7. The number of amides is 1. The van der Waals surface area contributed by atoms with E-state index in [1.165, 1.54) is 23.9 Å². The number of piperidine rings is 1. The highest BCUT2D eigenvalue weighted by atomic mass is 32.2. The van der Waals surface area contributed by atoms with Gasteiger partial charge in [-0.15, -0.1) is 10.2 Å². The van der Waals surface area contributed by atoms with Crippen LogP contribution in [0.4, 0.5) is 24.8 Å². The molecular weight excluding hydrogens is 455 g/mol. The minimum absolute atomic E-state index is 0.0711. The molecule has 0 bridgehead atoms. The lowest BCUT2D eigenvalue weighted by atomic mass is 10.00. The van der Waals surface area contributed by atoms with Crippen LogP contribution in [-0.4, -0.2) is 52.2 Å². The van der Waals surface area contributed by atoms with Gasteiger partial charge in [0.1, 0.15) is 0 Å². The van der Waals surface area contributed by atoms with Crippen LogP contribution in [0.3, 0.4) is 0 Å². The summed E-state index contributed by atoms with van der Waals surface area (Å²) in [6.07, 6.45) is -0.0940. The first-order chi connectivity index (χ1) is 15.8. The topological polar surface area (TPSA) is 72.3 Å². The van der Waals surface area contributed by atoms with Crippen molar-refractivity contribution in [3.63, 3.8) is 0 Å². The summed E-state index contributed by atoms with van der Waals surface area (Å²) in [5.41, 5.74) is -0.436. The van der Waals surface area contributed by atoms with Gasteiger partial charge in [0.25, 0.3) is 0 Å². The maximum atomic E-state index is 12.7. The Balaban J connectivity index is 1.40. The highest BCUT2D eigenvalue weighted by molar-refractivity contribution is 7.99. The van der Waals surface area contributed by atoms with Gasteiger partial charge < -0.3 is 15.0 Å². The fourth-order valence-electron chi connectivity index (χ4n) is 4.05. The van der Waals surface area contributed by atoms with E-state index in [0.29, 0.717) is 23.3 Å². The highest BCUT2D eigenvalue weighted by Gasteiger charge is 2.30. The second kappa shape index (κ2) is 10.3. The van der Waals surface area contributed by atoms with Gasteiger partial charge in [-0.05, 0) is 55.9 Å². The molecule has 3 heterocycles. The lowest BCUT2D eigenvalue weighted by molar-refractivity contribution is -0.137. The van der Waals surface area contributed by atoms with Crippen molar-refractivity contribution in [2.75, 3.05) is 35.7 Å². The number of thioether (sulfide) groups is 1. The Labute approximate surface area is 195 Å². The predicted octanol–water partition coefficient (Wildman–Crippen LogP) is 4.44. The van der Waals surface area contributed by atoms with E-state index in [1.54, 1.807) is 0 Å². The largest absolute Gasteiger partial charge is 0.416 e. The molecule has 2 fully saturated rings. The van der Waals surface area contributed by atoms with Gasteiger partial charge in [0.15, 0.2) is 5.16 Å².